The molecule has 1 saturated carbocycles. The highest BCUT2D eigenvalue weighted by atomic mass is 19.1. The first-order chi connectivity index (χ1) is 20.4. The normalized spacial score (nSPS) is 17.2. The van der Waals surface area contributed by atoms with Crippen molar-refractivity contribution >= 4 is 17.8 Å². The Morgan fingerprint density at radius 1 is 0.905 bits per heavy atom. The van der Waals surface area contributed by atoms with E-state index in [1.54, 1.807) is 11.0 Å². The Morgan fingerprint density at radius 3 is 2.45 bits per heavy atom. The maximum atomic E-state index is 13.5. The molecule has 42 heavy (non-hydrogen) atoms. The van der Waals surface area contributed by atoms with Crippen LogP contribution < -0.4 is 5.32 Å². The van der Waals surface area contributed by atoms with Gasteiger partial charge in [-0.25, -0.2) is 9.18 Å². The predicted octanol–water partition coefficient (Wildman–Crippen LogP) is 5.90. The lowest BCUT2D eigenvalue weighted by atomic mass is 9.87. The molecule has 1 N–H and O–H groups in total. The molecule has 7 heteroatoms. The molecule has 2 atom stereocenters. The molecular weight excluding hydrogens is 531 g/mol. The monoisotopic (exact) mass is 562 g/mol. The minimum atomic E-state index is -0.407. The molecule has 6 rings (SSSR count). The highest BCUT2D eigenvalue weighted by molar-refractivity contribution is 5.94. The Kier molecular flexibility index (Phi) is 7.57. The Hall–Kier alpha value is -4.78. The quantitative estimate of drug-likeness (QED) is 0.285. The zero-order valence-electron chi connectivity index (χ0n) is 23.3. The molecule has 1 heterocycles. The van der Waals surface area contributed by atoms with Gasteiger partial charge in [0.1, 0.15) is 5.82 Å². The molecule has 1 aliphatic carbocycles. The van der Waals surface area contributed by atoms with E-state index in [-0.39, 0.29) is 23.7 Å². The van der Waals surface area contributed by atoms with E-state index in [4.69, 9.17) is 4.74 Å². The lowest BCUT2D eigenvalue weighted by Gasteiger charge is -2.32. The number of rotatable bonds is 7. The van der Waals surface area contributed by atoms with Crippen LogP contribution in [0.15, 0.2) is 91.0 Å². The molecule has 0 saturated heterocycles. The first kappa shape index (κ1) is 27.4. The molecule has 0 aromatic heterocycles. The van der Waals surface area contributed by atoms with E-state index in [0.717, 1.165) is 34.2 Å². The summed E-state index contributed by atoms with van der Waals surface area (Å²) in [6, 6.07) is 27.0. The van der Waals surface area contributed by atoms with Crippen molar-refractivity contribution in [3.05, 3.63) is 130 Å². The third kappa shape index (κ3) is 5.55. The SMILES string of the molecule is COC(=O)c1cccc(-c2ccc(CNC(=O)[C@@H]3C[C@@H]3c3ccccc3)c3c2CCN(C(=O)c2ccc(F)cc2)C3)c1. The van der Waals surface area contributed by atoms with Gasteiger partial charge in [0.05, 0.1) is 12.7 Å². The second-order valence-corrected chi connectivity index (χ2v) is 10.9. The van der Waals surface area contributed by atoms with Crippen molar-refractivity contribution in [2.24, 2.45) is 5.92 Å². The molecule has 2 aliphatic rings. The van der Waals surface area contributed by atoms with E-state index < -0.39 is 11.8 Å². The van der Waals surface area contributed by atoms with Gasteiger partial charge in [0.15, 0.2) is 0 Å². The van der Waals surface area contributed by atoms with Gasteiger partial charge < -0.3 is 15.0 Å². The van der Waals surface area contributed by atoms with Crippen LogP contribution in [-0.4, -0.2) is 36.3 Å². The summed E-state index contributed by atoms with van der Waals surface area (Å²) < 4.78 is 18.4. The molecule has 0 unspecified atom stereocenters. The van der Waals surface area contributed by atoms with Gasteiger partial charge in [-0.15, -0.1) is 0 Å². The second-order valence-electron chi connectivity index (χ2n) is 10.9. The Morgan fingerprint density at radius 2 is 1.69 bits per heavy atom. The van der Waals surface area contributed by atoms with Crippen molar-refractivity contribution in [3.8, 4) is 11.1 Å². The molecule has 1 aliphatic heterocycles. The minimum Gasteiger partial charge on any atom is -0.465 e. The number of ether oxygens (including phenoxy) is 1. The maximum absolute atomic E-state index is 13.5. The number of amides is 2. The zero-order valence-corrected chi connectivity index (χ0v) is 23.3. The summed E-state index contributed by atoms with van der Waals surface area (Å²) in [5, 5.41) is 3.14. The van der Waals surface area contributed by atoms with E-state index in [2.05, 4.69) is 17.4 Å². The number of nitrogens with one attached hydrogen (secondary N) is 1. The largest absolute Gasteiger partial charge is 0.465 e. The van der Waals surface area contributed by atoms with Crippen LogP contribution in [0.4, 0.5) is 4.39 Å². The number of benzene rings is 4. The second kappa shape index (κ2) is 11.6. The van der Waals surface area contributed by atoms with E-state index in [0.29, 0.717) is 37.2 Å². The van der Waals surface area contributed by atoms with Crippen LogP contribution in [0.25, 0.3) is 11.1 Å². The maximum Gasteiger partial charge on any atom is 0.337 e. The van der Waals surface area contributed by atoms with Gasteiger partial charge in [-0.1, -0.05) is 54.6 Å². The van der Waals surface area contributed by atoms with Crippen LogP contribution in [0, 0.1) is 11.7 Å². The van der Waals surface area contributed by atoms with Gasteiger partial charge in [-0.3, -0.25) is 9.59 Å². The fourth-order valence-corrected chi connectivity index (χ4v) is 5.92. The highest BCUT2D eigenvalue weighted by Crippen LogP contribution is 2.47. The van der Waals surface area contributed by atoms with Gasteiger partial charge in [-0.05, 0) is 88.5 Å². The summed E-state index contributed by atoms with van der Waals surface area (Å²) in [5.74, 6) is -0.735. The van der Waals surface area contributed by atoms with Crippen LogP contribution in [0.3, 0.4) is 0 Å². The average molecular weight is 563 g/mol. The van der Waals surface area contributed by atoms with Gasteiger partial charge in [0.25, 0.3) is 5.91 Å². The molecule has 1 fully saturated rings. The summed E-state index contributed by atoms with van der Waals surface area (Å²) in [6.07, 6.45) is 1.43. The third-order valence-electron chi connectivity index (χ3n) is 8.29. The van der Waals surface area contributed by atoms with Gasteiger partial charge in [-0.2, -0.15) is 0 Å². The average Bonchev–Trinajstić information content (AvgIpc) is 3.85. The Labute approximate surface area is 244 Å². The molecule has 0 radical (unpaired) electrons. The molecule has 0 spiro atoms. The predicted molar refractivity (Wildman–Crippen MR) is 157 cm³/mol. The smallest absolute Gasteiger partial charge is 0.337 e. The molecular formula is C35H31FN2O4. The fourth-order valence-electron chi connectivity index (χ4n) is 5.92. The molecule has 4 aromatic carbocycles. The van der Waals surface area contributed by atoms with Crippen LogP contribution >= 0.6 is 0 Å². The van der Waals surface area contributed by atoms with Crippen LogP contribution in [0.5, 0.6) is 0 Å². The van der Waals surface area contributed by atoms with Crippen LogP contribution in [0.1, 0.15) is 55.3 Å². The number of carbonyl (C=O) groups is 3. The number of carbonyl (C=O) groups excluding carboxylic acids is 3. The number of hydrogen-bond donors (Lipinski definition) is 1. The molecule has 2 amide bonds. The van der Waals surface area contributed by atoms with E-state index in [1.807, 2.05) is 48.5 Å². The first-order valence-corrected chi connectivity index (χ1v) is 14.1. The number of methoxy groups -OCH3 is 1. The number of nitrogens with zero attached hydrogens (tertiary/aromatic N) is 1. The standard InChI is InChI=1S/C35H31FN2O4/c1-42-35(41)25-9-5-8-24(18-25)28-15-12-26(20-37-33(39)31-19-30(31)22-6-3-2-4-7-22)32-21-38(17-16-29(28)32)34(40)23-10-13-27(36)14-11-23/h2-15,18,30-31H,16-17,19-21H2,1H3,(H,37,39)/t30-,31-/m1/s1. The van der Waals surface area contributed by atoms with E-state index in [1.165, 1.54) is 36.9 Å². The van der Waals surface area contributed by atoms with Crippen molar-refractivity contribution in [2.75, 3.05) is 13.7 Å². The topological polar surface area (TPSA) is 75.7 Å². The van der Waals surface area contributed by atoms with E-state index in [9.17, 15) is 18.8 Å². The van der Waals surface area contributed by atoms with Crippen molar-refractivity contribution in [1.82, 2.24) is 10.2 Å². The molecule has 4 aromatic rings. The highest BCUT2D eigenvalue weighted by Gasteiger charge is 2.43. The minimum absolute atomic E-state index is 0.0301. The van der Waals surface area contributed by atoms with Crippen LogP contribution in [0.2, 0.25) is 0 Å². The first-order valence-electron chi connectivity index (χ1n) is 14.1. The molecule has 0 bridgehead atoms. The molecule has 212 valence electrons. The number of hydrogen-bond acceptors (Lipinski definition) is 4. The number of halogens is 1. The third-order valence-corrected chi connectivity index (χ3v) is 8.29. The van der Waals surface area contributed by atoms with Crippen molar-refractivity contribution in [1.29, 1.82) is 0 Å². The van der Waals surface area contributed by atoms with Gasteiger partial charge >= 0.3 is 5.97 Å². The summed E-state index contributed by atoms with van der Waals surface area (Å²) in [6.45, 7) is 1.20. The lowest BCUT2D eigenvalue weighted by molar-refractivity contribution is -0.122. The molecule has 6 nitrogen and oxygen atoms in total. The van der Waals surface area contributed by atoms with Crippen molar-refractivity contribution in [3.63, 3.8) is 0 Å². The van der Waals surface area contributed by atoms with Crippen molar-refractivity contribution in [2.45, 2.75) is 31.8 Å². The van der Waals surface area contributed by atoms with Gasteiger partial charge in [0.2, 0.25) is 5.91 Å². The Bertz CT molecular complexity index is 1650. The summed E-state index contributed by atoms with van der Waals surface area (Å²) in [7, 11) is 1.36. The summed E-state index contributed by atoms with van der Waals surface area (Å²) in [4.78, 5) is 40.4. The number of fused-ring (bicyclic) bond motifs is 1. The van der Waals surface area contributed by atoms with Crippen molar-refractivity contribution < 1.29 is 23.5 Å². The van der Waals surface area contributed by atoms with Gasteiger partial charge in [0, 0.05) is 31.1 Å². The zero-order chi connectivity index (χ0) is 29.2. The summed E-state index contributed by atoms with van der Waals surface area (Å²) in [5.41, 5.74) is 6.94. The van der Waals surface area contributed by atoms with E-state index >= 15 is 0 Å². The number of esters is 1. The lowest BCUT2D eigenvalue weighted by Crippen LogP contribution is -2.37. The Balaban J connectivity index is 1.28. The van der Waals surface area contributed by atoms with Crippen LogP contribution in [-0.2, 0) is 29.0 Å². The fraction of sp³-hybridized carbons (Fsp3) is 0.229. The summed E-state index contributed by atoms with van der Waals surface area (Å²) >= 11 is 0.